The van der Waals surface area contributed by atoms with E-state index >= 15 is 0 Å². The molecule has 1 fully saturated rings. The van der Waals surface area contributed by atoms with Crippen LogP contribution in [0, 0.1) is 6.92 Å². The lowest BCUT2D eigenvalue weighted by molar-refractivity contribution is -0.115. The number of rotatable bonds is 4. The van der Waals surface area contributed by atoms with Crippen molar-refractivity contribution in [3.8, 4) is 0 Å². The van der Waals surface area contributed by atoms with Gasteiger partial charge in [-0.25, -0.2) is 9.97 Å². The number of hydrogen-bond donors (Lipinski definition) is 1. The van der Waals surface area contributed by atoms with Gasteiger partial charge in [0.2, 0.25) is 0 Å². The van der Waals surface area contributed by atoms with Crippen molar-refractivity contribution in [1.29, 1.82) is 0 Å². The Labute approximate surface area is 108 Å². The topological polar surface area (TPSA) is 58.1 Å². The molecule has 0 aliphatic carbocycles. The molecule has 5 heteroatoms. The van der Waals surface area contributed by atoms with Crippen LogP contribution in [0.1, 0.15) is 32.0 Å². The van der Waals surface area contributed by atoms with E-state index in [0.29, 0.717) is 6.54 Å². The Morgan fingerprint density at radius 2 is 2.06 bits per heavy atom. The number of aryl methyl sites for hydroxylation is 1. The molecular weight excluding hydrogens is 228 g/mol. The van der Waals surface area contributed by atoms with Gasteiger partial charge in [0, 0.05) is 19.2 Å². The van der Waals surface area contributed by atoms with E-state index in [9.17, 15) is 4.79 Å². The average Bonchev–Trinajstić information content (AvgIpc) is 2.37. The van der Waals surface area contributed by atoms with Crippen LogP contribution in [-0.2, 0) is 4.79 Å². The van der Waals surface area contributed by atoms with Crippen molar-refractivity contribution in [1.82, 2.24) is 9.97 Å². The molecule has 2 heterocycles. The van der Waals surface area contributed by atoms with Crippen LogP contribution in [0.3, 0.4) is 0 Å². The van der Waals surface area contributed by atoms with E-state index in [2.05, 4.69) is 20.2 Å². The van der Waals surface area contributed by atoms with Crippen molar-refractivity contribution < 1.29 is 4.79 Å². The zero-order valence-electron chi connectivity index (χ0n) is 11.1. The van der Waals surface area contributed by atoms with Crippen LogP contribution in [-0.4, -0.2) is 35.4 Å². The Balaban J connectivity index is 2.12. The lowest BCUT2D eigenvalue weighted by Gasteiger charge is -2.28. The van der Waals surface area contributed by atoms with Crippen molar-refractivity contribution >= 4 is 17.4 Å². The highest BCUT2D eigenvalue weighted by molar-refractivity contribution is 5.80. The quantitative estimate of drug-likeness (QED) is 0.880. The zero-order chi connectivity index (χ0) is 13.0. The highest BCUT2D eigenvalue weighted by atomic mass is 16.1. The van der Waals surface area contributed by atoms with Crippen molar-refractivity contribution in [2.24, 2.45) is 0 Å². The van der Waals surface area contributed by atoms with Crippen molar-refractivity contribution in [3.63, 3.8) is 0 Å². The van der Waals surface area contributed by atoms with E-state index in [4.69, 9.17) is 0 Å². The fourth-order valence-electron chi connectivity index (χ4n) is 2.14. The van der Waals surface area contributed by atoms with Gasteiger partial charge in [0.05, 0.1) is 6.54 Å². The summed E-state index contributed by atoms with van der Waals surface area (Å²) in [6.07, 6.45) is 3.74. The Hall–Kier alpha value is -1.65. The number of Topliss-reactive ketones (excluding diaryl/α,β-unsaturated/α-hetero) is 1. The number of piperidine rings is 1. The Morgan fingerprint density at radius 3 is 2.72 bits per heavy atom. The monoisotopic (exact) mass is 248 g/mol. The molecule has 0 bridgehead atoms. The standard InChI is InChI=1S/C13H20N4O/c1-10(18)9-14-12-8-13(16-11(2)15-12)17-6-4-3-5-7-17/h8H,3-7,9H2,1-2H3,(H,14,15,16). The maximum atomic E-state index is 11.0. The lowest BCUT2D eigenvalue weighted by Crippen LogP contribution is -2.30. The first-order valence-electron chi connectivity index (χ1n) is 6.49. The van der Waals surface area contributed by atoms with Gasteiger partial charge in [0.25, 0.3) is 0 Å². The Kier molecular flexibility index (Phi) is 4.12. The minimum absolute atomic E-state index is 0.103. The van der Waals surface area contributed by atoms with Crippen molar-refractivity contribution in [2.45, 2.75) is 33.1 Å². The molecular formula is C13H20N4O. The summed E-state index contributed by atoms with van der Waals surface area (Å²) in [5, 5.41) is 3.04. The Bertz CT molecular complexity index is 427. The summed E-state index contributed by atoms with van der Waals surface area (Å²) in [4.78, 5) is 22.0. The SMILES string of the molecule is CC(=O)CNc1cc(N2CCCCC2)nc(C)n1. The molecule has 1 aromatic heterocycles. The van der Waals surface area contributed by atoms with Crippen LogP contribution in [0.2, 0.25) is 0 Å². The smallest absolute Gasteiger partial charge is 0.148 e. The number of aromatic nitrogens is 2. The molecule has 0 atom stereocenters. The zero-order valence-corrected chi connectivity index (χ0v) is 11.1. The average molecular weight is 248 g/mol. The van der Waals surface area contributed by atoms with Crippen LogP contribution in [0.15, 0.2) is 6.07 Å². The van der Waals surface area contributed by atoms with Gasteiger partial charge in [-0.3, -0.25) is 4.79 Å². The molecule has 1 aliphatic heterocycles. The van der Waals surface area contributed by atoms with Crippen LogP contribution >= 0.6 is 0 Å². The molecule has 0 aromatic carbocycles. The molecule has 0 unspecified atom stereocenters. The predicted octanol–water partition coefficient (Wildman–Crippen LogP) is 1.78. The number of carbonyl (C=O) groups is 1. The summed E-state index contributed by atoms with van der Waals surface area (Å²) >= 11 is 0. The molecule has 5 nitrogen and oxygen atoms in total. The molecule has 0 saturated carbocycles. The first-order valence-corrected chi connectivity index (χ1v) is 6.49. The largest absolute Gasteiger partial charge is 0.363 e. The molecule has 98 valence electrons. The van der Waals surface area contributed by atoms with Gasteiger partial charge < -0.3 is 10.2 Å². The number of nitrogens with zero attached hydrogens (tertiary/aromatic N) is 3. The van der Waals surface area contributed by atoms with Crippen LogP contribution in [0.25, 0.3) is 0 Å². The molecule has 0 amide bonds. The van der Waals surface area contributed by atoms with Crippen molar-refractivity contribution in [2.75, 3.05) is 29.9 Å². The van der Waals surface area contributed by atoms with E-state index in [1.54, 1.807) is 6.92 Å². The minimum atomic E-state index is 0.103. The third kappa shape index (κ3) is 3.42. The van der Waals surface area contributed by atoms with E-state index in [-0.39, 0.29) is 5.78 Å². The number of ketones is 1. The summed E-state index contributed by atoms with van der Waals surface area (Å²) in [6.45, 7) is 5.88. The van der Waals surface area contributed by atoms with Gasteiger partial charge in [-0.15, -0.1) is 0 Å². The maximum Gasteiger partial charge on any atom is 0.148 e. The highest BCUT2D eigenvalue weighted by Crippen LogP contribution is 2.20. The third-order valence-electron chi connectivity index (χ3n) is 3.02. The molecule has 1 aliphatic rings. The van der Waals surface area contributed by atoms with Gasteiger partial charge >= 0.3 is 0 Å². The van der Waals surface area contributed by atoms with Crippen LogP contribution in [0.4, 0.5) is 11.6 Å². The number of carbonyl (C=O) groups excluding carboxylic acids is 1. The lowest BCUT2D eigenvalue weighted by atomic mass is 10.1. The summed E-state index contributed by atoms with van der Waals surface area (Å²) in [6, 6.07) is 1.93. The minimum Gasteiger partial charge on any atom is -0.363 e. The van der Waals surface area contributed by atoms with Gasteiger partial charge in [-0.2, -0.15) is 0 Å². The molecule has 1 aromatic rings. The normalized spacial score (nSPS) is 15.6. The molecule has 1 N–H and O–H groups in total. The predicted molar refractivity (Wildman–Crippen MR) is 72.0 cm³/mol. The Morgan fingerprint density at radius 1 is 1.33 bits per heavy atom. The van der Waals surface area contributed by atoms with E-state index in [1.165, 1.54) is 19.3 Å². The molecule has 0 spiro atoms. The van der Waals surface area contributed by atoms with Crippen LogP contribution in [0.5, 0.6) is 0 Å². The molecule has 1 saturated heterocycles. The maximum absolute atomic E-state index is 11.0. The fourth-order valence-corrected chi connectivity index (χ4v) is 2.14. The van der Waals surface area contributed by atoms with Gasteiger partial charge in [0.15, 0.2) is 0 Å². The third-order valence-corrected chi connectivity index (χ3v) is 3.02. The number of nitrogens with one attached hydrogen (secondary N) is 1. The fraction of sp³-hybridized carbons (Fsp3) is 0.615. The van der Waals surface area contributed by atoms with Crippen LogP contribution < -0.4 is 10.2 Å². The van der Waals surface area contributed by atoms with E-state index in [1.807, 2.05) is 13.0 Å². The van der Waals surface area contributed by atoms with E-state index < -0.39 is 0 Å². The molecule has 18 heavy (non-hydrogen) atoms. The highest BCUT2D eigenvalue weighted by Gasteiger charge is 2.13. The number of anilines is 2. The summed E-state index contributed by atoms with van der Waals surface area (Å²) < 4.78 is 0. The second-order valence-electron chi connectivity index (χ2n) is 4.76. The van der Waals surface area contributed by atoms with Crippen molar-refractivity contribution in [3.05, 3.63) is 11.9 Å². The summed E-state index contributed by atoms with van der Waals surface area (Å²) in [5.74, 6) is 2.54. The van der Waals surface area contributed by atoms with Gasteiger partial charge in [0.1, 0.15) is 23.2 Å². The first-order chi connectivity index (χ1) is 8.65. The molecule has 2 rings (SSSR count). The van der Waals surface area contributed by atoms with Gasteiger partial charge in [-0.05, 0) is 33.1 Å². The summed E-state index contributed by atoms with van der Waals surface area (Å²) in [7, 11) is 0. The second kappa shape index (κ2) is 5.80. The summed E-state index contributed by atoms with van der Waals surface area (Å²) in [5.41, 5.74) is 0. The number of hydrogen-bond acceptors (Lipinski definition) is 5. The second-order valence-corrected chi connectivity index (χ2v) is 4.76. The first kappa shape index (κ1) is 12.8. The molecule has 0 radical (unpaired) electrons. The van der Waals surface area contributed by atoms with Gasteiger partial charge in [-0.1, -0.05) is 0 Å². The van der Waals surface area contributed by atoms with E-state index in [0.717, 1.165) is 30.5 Å².